The third-order valence-electron chi connectivity index (χ3n) is 5.53. The van der Waals surface area contributed by atoms with Crippen LogP contribution in [0.4, 0.5) is 10.5 Å². The molecule has 190 valence electrons. The fourth-order valence-corrected chi connectivity index (χ4v) is 5.10. The summed E-state index contributed by atoms with van der Waals surface area (Å²) in [5, 5.41) is 2.48. The van der Waals surface area contributed by atoms with Crippen molar-refractivity contribution < 1.29 is 23.9 Å². The summed E-state index contributed by atoms with van der Waals surface area (Å²) in [4.78, 5) is 39.4. The lowest BCUT2D eigenvalue weighted by Gasteiger charge is -2.14. The van der Waals surface area contributed by atoms with E-state index in [1.54, 1.807) is 24.3 Å². The SMILES string of the molecule is COc1cc(/C=C2\SC(=O)N(Cc3ccc(C)cc3)C2=O)cc(Br)c1OCC(=O)Nc1cccc(C)c1. The van der Waals surface area contributed by atoms with Gasteiger partial charge in [-0.3, -0.25) is 19.3 Å². The van der Waals surface area contributed by atoms with Crippen LogP contribution in [0.1, 0.15) is 22.3 Å². The number of aryl methyl sites for hydroxylation is 2. The number of thioether (sulfide) groups is 1. The van der Waals surface area contributed by atoms with E-state index in [-0.39, 0.29) is 30.2 Å². The molecule has 1 fully saturated rings. The third-order valence-corrected chi connectivity index (χ3v) is 7.03. The number of nitrogens with zero attached hydrogens (tertiary/aromatic N) is 1. The predicted octanol–water partition coefficient (Wildman–Crippen LogP) is 6.33. The Labute approximate surface area is 228 Å². The summed E-state index contributed by atoms with van der Waals surface area (Å²) in [6, 6.07) is 18.6. The van der Waals surface area contributed by atoms with Crippen LogP contribution in [0.5, 0.6) is 11.5 Å². The van der Waals surface area contributed by atoms with Gasteiger partial charge in [0.15, 0.2) is 18.1 Å². The Morgan fingerprint density at radius 3 is 2.51 bits per heavy atom. The van der Waals surface area contributed by atoms with Gasteiger partial charge in [-0.15, -0.1) is 0 Å². The number of ether oxygens (including phenoxy) is 2. The molecular weight excluding hydrogens is 556 g/mol. The quantitative estimate of drug-likeness (QED) is 0.313. The minimum absolute atomic E-state index is 0.215. The van der Waals surface area contributed by atoms with Crippen LogP contribution in [0.2, 0.25) is 0 Å². The van der Waals surface area contributed by atoms with Gasteiger partial charge < -0.3 is 14.8 Å². The summed E-state index contributed by atoms with van der Waals surface area (Å²) in [7, 11) is 1.49. The molecule has 1 aliphatic rings. The molecule has 1 N–H and O–H groups in total. The van der Waals surface area contributed by atoms with E-state index in [0.29, 0.717) is 32.1 Å². The van der Waals surface area contributed by atoms with Crippen molar-refractivity contribution >= 4 is 56.5 Å². The largest absolute Gasteiger partial charge is 0.493 e. The first-order valence-corrected chi connectivity index (χ1v) is 13.0. The number of benzene rings is 3. The Morgan fingerprint density at radius 1 is 1.05 bits per heavy atom. The minimum Gasteiger partial charge on any atom is -0.493 e. The number of methoxy groups -OCH3 is 1. The number of carbonyl (C=O) groups excluding carboxylic acids is 3. The highest BCUT2D eigenvalue weighted by Crippen LogP contribution is 2.39. The predicted molar refractivity (Wildman–Crippen MR) is 149 cm³/mol. The van der Waals surface area contributed by atoms with Crippen molar-refractivity contribution in [3.63, 3.8) is 0 Å². The lowest BCUT2D eigenvalue weighted by atomic mass is 10.1. The molecule has 3 aromatic rings. The third kappa shape index (κ3) is 6.61. The standard InChI is InChI=1S/C28H25BrN2O5S/c1-17-7-9-19(10-8-17)15-31-27(33)24(37-28(31)34)14-20-12-22(29)26(23(13-20)35-3)36-16-25(32)30-21-6-4-5-18(2)11-21/h4-14H,15-16H2,1-3H3,(H,30,32)/b24-14-. The molecule has 7 nitrogen and oxygen atoms in total. The average Bonchev–Trinajstić information content (AvgIpc) is 3.11. The van der Waals surface area contributed by atoms with E-state index in [9.17, 15) is 14.4 Å². The zero-order valence-corrected chi connectivity index (χ0v) is 22.9. The Bertz CT molecular complexity index is 1390. The molecule has 0 saturated carbocycles. The number of imide groups is 1. The molecule has 3 amide bonds. The van der Waals surface area contributed by atoms with Crippen LogP contribution in [0.3, 0.4) is 0 Å². The van der Waals surface area contributed by atoms with Crippen LogP contribution in [0.25, 0.3) is 6.08 Å². The van der Waals surface area contributed by atoms with Crippen LogP contribution < -0.4 is 14.8 Å². The molecule has 0 spiro atoms. The highest BCUT2D eigenvalue weighted by Gasteiger charge is 2.35. The number of nitrogens with one attached hydrogen (secondary N) is 1. The lowest BCUT2D eigenvalue weighted by molar-refractivity contribution is -0.123. The van der Waals surface area contributed by atoms with Crippen LogP contribution in [0, 0.1) is 13.8 Å². The molecule has 1 heterocycles. The molecule has 0 atom stereocenters. The first-order valence-electron chi connectivity index (χ1n) is 11.4. The van der Waals surface area contributed by atoms with Gasteiger partial charge in [0.05, 0.1) is 23.0 Å². The van der Waals surface area contributed by atoms with Crippen molar-refractivity contribution in [2.24, 2.45) is 0 Å². The van der Waals surface area contributed by atoms with Crippen LogP contribution in [-0.2, 0) is 16.1 Å². The number of anilines is 1. The number of halogens is 1. The van der Waals surface area contributed by atoms with Crippen LogP contribution in [0.15, 0.2) is 70.0 Å². The number of rotatable bonds is 8. The molecule has 0 radical (unpaired) electrons. The van der Waals surface area contributed by atoms with E-state index in [4.69, 9.17) is 9.47 Å². The van der Waals surface area contributed by atoms with Gasteiger partial charge in [0.25, 0.3) is 17.1 Å². The molecule has 1 aliphatic heterocycles. The summed E-state index contributed by atoms with van der Waals surface area (Å²) in [6.07, 6.45) is 1.64. The Hall–Kier alpha value is -3.56. The van der Waals surface area contributed by atoms with E-state index in [2.05, 4.69) is 21.2 Å². The van der Waals surface area contributed by atoms with Gasteiger partial charge in [0.1, 0.15) is 0 Å². The number of hydrogen-bond acceptors (Lipinski definition) is 6. The summed E-state index contributed by atoms with van der Waals surface area (Å²) in [6.45, 7) is 3.92. The normalized spacial score (nSPS) is 14.3. The van der Waals surface area contributed by atoms with Gasteiger partial charge in [-0.25, -0.2) is 0 Å². The maximum atomic E-state index is 13.0. The molecular formula is C28H25BrN2O5S. The number of hydrogen-bond donors (Lipinski definition) is 1. The van der Waals surface area contributed by atoms with E-state index < -0.39 is 0 Å². The first-order chi connectivity index (χ1) is 17.7. The molecule has 1 saturated heterocycles. The van der Waals surface area contributed by atoms with E-state index >= 15 is 0 Å². The second-order valence-corrected chi connectivity index (χ2v) is 10.3. The van der Waals surface area contributed by atoms with E-state index in [1.165, 1.54) is 12.0 Å². The summed E-state index contributed by atoms with van der Waals surface area (Å²) < 4.78 is 11.8. The maximum Gasteiger partial charge on any atom is 0.293 e. The van der Waals surface area contributed by atoms with Crippen molar-refractivity contribution in [3.8, 4) is 11.5 Å². The zero-order valence-electron chi connectivity index (χ0n) is 20.5. The highest BCUT2D eigenvalue weighted by atomic mass is 79.9. The average molecular weight is 581 g/mol. The van der Waals surface area contributed by atoms with Gasteiger partial charge in [-0.05, 0) is 88.6 Å². The second kappa shape index (κ2) is 11.7. The molecule has 3 aromatic carbocycles. The van der Waals surface area contributed by atoms with Crippen molar-refractivity contribution in [3.05, 3.63) is 92.3 Å². The van der Waals surface area contributed by atoms with E-state index in [0.717, 1.165) is 28.5 Å². The van der Waals surface area contributed by atoms with Crippen LogP contribution >= 0.6 is 27.7 Å². The fraction of sp³-hybridized carbons (Fsp3) is 0.179. The highest BCUT2D eigenvalue weighted by molar-refractivity contribution is 9.10. The van der Waals surface area contributed by atoms with Gasteiger partial charge >= 0.3 is 0 Å². The van der Waals surface area contributed by atoms with Gasteiger partial charge in [-0.1, -0.05) is 42.0 Å². The Kier molecular flexibility index (Phi) is 8.35. The van der Waals surface area contributed by atoms with Crippen molar-refractivity contribution in [2.75, 3.05) is 19.0 Å². The van der Waals surface area contributed by atoms with Gasteiger partial charge in [0, 0.05) is 5.69 Å². The monoisotopic (exact) mass is 580 g/mol. The molecule has 4 rings (SSSR count). The Morgan fingerprint density at radius 2 is 1.81 bits per heavy atom. The molecule has 0 bridgehead atoms. The molecule has 9 heteroatoms. The topological polar surface area (TPSA) is 84.9 Å². The fourth-order valence-electron chi connectivity index (χ4n) is 3.68. The second-order valence-electron chi connectivity index (χ2n) is 8.49. The van der Waals surface area contributed by atoms with Gasteiger partial charge in [-0.2, -0.15) is 0 Å². The van der Waals surface area contributed by atoms with Crippen molar-refractivity contribution in [1.82, 2.24) is 4.90 Å². The molecule has 0 unspecified atom stereocenters. The summed E-state index contributed by atoms with van der Waals surface area (Å²) in [5.41, 5.74) is 4.35. The molecule has 37 heavy (non-hydrogen) atoms. The lowest BCUT2D eigenvalue weighted by Crippen LogP contribution is -2.27. The smallest absolute Gasteiger partial charge is 0.293 e. The van der Waals surface area contributed by atoms with Gasteiger partial charge in [0.2, 0.25) is 0 Å². The van der Waals surface area contributed by atoms with Crippen molar-refractivity contribution in [2.45, 2.75) is 20.4 Å². The molecule has 0 aromatic heterocycles. The first kappa shape index (κ1) is 26.5. The number of carbonyl (C=O) groups is 3. The molecule has 0 aliphatic carbocycles. The minimum atomic E-state index is -0.348. The maximum absolute atomic E-state index is 13.0. The summed E-state index contributed by atoms with van der Waals surface area (Å²) >= 11 is 4.37. The summed E-state index contributed by atoms with van der Waals surface area (Å²) in [5.74, 6) is 0.0686. The van der Waals surface area contributed by atoms with Crippen molar-refractivity contribution in [1.29, 1.82) is 0 Å². The number of amides is 3. The van der Waals surface area contributed by atoms with Crippen LogP contribution in [-0.4, -0.2) is 35.7 Å². The Balaban J connectivity index is 1.46. The van der Waals surface area contributed by atoms with E-state index in [1.807, 2.05) is 56.3 Å². The zero-order chi connectivity index (χ0) is 26.5.